The molecule has 2 aromatic carbocycles. The summed E-state index contributed by atoms with van der Waals surface area (Å²) in [7, 11) is 0. The van der Waals surface area contributed by atoms with Crippen LogP contribution >= 0.6 is 0 Å². The van der Waals surface area contributed by atoms with Crippen LogP contribution in [0, 0.1) is 11.6 Å². The highest BCUT2D eigenvalue weighted by Gasteiger charge is 2.54. The molecule has 0 saturated heterocycles. The van der Waals surface area contributed by atoms with Crippen molar-refractivity contribution in [3.8, 4) is 0 Å². The minimum atomic E-state index is -0.893. The zero-order valence-corrected chi connectivity index (χ0v) is 14.4. The Balaban J connectivity index is 1.79. The number of benzene rings is 2. The quantitative estimate of drug-likeness (QED) is 0.691. The molecular formula is C21H18F2N2O. The molecule has 5 heteroatoms. The molecule has 1 saturated carbocycles. The van der Waals surface area contributed by atoms with E-state index in [0.717, 1.165) is 35.5 Å². The number of amides is 1. The van der Waals surface area contributed by atoms with Crippen molar-refractivity contribution < 1.29 is 13.6 Å². The molecule has 2 aliphatic rings. The van der Waals surface area contributed by atoms with Crippen LogP contribution in [-0.2, 0) is 10.2 Å². The summed E-state index contributed by atoms with van der Waals surface area (Å²) < 4.78 is 27.4. The maximum atomic E-state index is 13.9. The fourth-order valence-corrected chi connectivity index (χ4v) is 4.47. The van der Waals surface area contributed by atoms with E-state index in [2.05, 4.69) is 11.1 Å². The number of halogens is 2. The molecule has 0 radical (unpaired) electrons. The Labute approximate surface area is 149 Å². The smallest absolute Gasteiger partial charge is 0.220 e. The van der Waals surface area contributed by atoms with E-state index in [1.165, 1.54) is 18.6 Å². The van der Waals surface area contributed by atoms with Crippen LogP contribution in [-0.4, -0.2) is 22.3 Å². The number of nitrogens with zero attached hydrogens (tertiary/aromatic N) is 1. The van der Waals surface area contributed by atoms with Crippen LogP contribution in [0.25, 0.3) is 10.9 Å². The molecule has 1 aliphatic carbocycles. The summed E-state index contributed by atoms with van der Waals surface area (Å²) in [5.74, 6) is -1.83. The molecule has 1 spiro atoms. The Morgan fingerprint density at radius 3 is 2.62 bits per heavy atom. The van der Waals surface area contributed by atoms with Gasteiger partial charge in [-0.25, -0.2) is 8.78 Å². The van der Waals surface area contributed by atoms with Gasteiger partial charge in [-0.05, 0) is 42.2 Å². The molecule has 1 fully saturated rings. The molecular weight excluding hydrogens is 334 g/mol. The second-order valence-corrected chi connectivity index (χ2v) is 7.46. The number of nitrogens with one attached hydrogen (secondary N) is 1. The van der Waals surface area contributed by atoms with Crippen molar-refractivity contribution in [2.24, 2.45) is 0 Å². The Morgan fingerprint density at radius 2 is 1.92 bits per heavy atom. The van der Waals surface area contributed by atoms with Crippen molar-refractivity contribution >= 4 is 16.8 Å². The topological polar surface area (TPSA) is 36.1 Å². The normalized spacial score (nSPS) is 20.4. The van der Waals surface area contributed by atoms with Crippen molar-refractivity contribution in [1.29, 1.82) is 0 Å². The van der Waals surface area contributed by atoms with Crippen molar-refractivity contribution in [2.75, 3.05) is 6.54 Å². The zero-order valence-electron chi connectivity index (χ0n) is 14.4. The number of para-hydroxylation sites is 1. The van der Waals surface area contributed by atoms with Crippen LogP contribution in [0.4, 0.5) is 8.78 Å². The van der Waals surface area contributed by atoms with Crippen LogP contribution < -0.4 is 0 Å². The number of carbonyl (C=O) groups excluding carboxylic acids is 1. The minimum absolute atomic E-state index is 0.0182. The van der Waals surface area contributed by atoms with Gasteiger partial charge in [0.05, 0.1) is 6.04 Å². The van der Waals surface area contributed by atoms with E-state index in [1.807, 2.05) is 18.2 Å². The van der Waals surface area contributed by atoms with E-state index in [0.29, 0.717) is 12.1 Å². The Kier molecular flexibility index (Phi) is 3.09. The van der Waals surface area contributed by atoms with Crippen LogP contribution in [0.5, 0.6) is 0 Å². The number of hydrogen-bond acceptors (Lipinski definition) is 1. The standard InChI is InChI=1S/C21H18F2N2O/c1-12(26)25-11-21(8-9-21)18-14-4-2-3-5-17(14)24-19(18)20(25)13-6-7-15(22)16(23)10-13/h2-7,10,20,24H,8-9,11H2,1H3. The zero-order chi connectivity index (χ0) is 18.1. The van der Waals surface area contributed by atoms with Crippen LogP contribution in [0.2, 0.25) is 0 Å². The summed E-state index contributed by atoms with van der Waals surface area (Å²) in [6.45, 7) is 2.15. The largest absolute Gasteiger partial charge is 0.356 e. The van der Waals surface area contributed by atoms with Crippen molar-refractivity contribution in [1.82, 2.24) is 9.88 Å². The van der Waals surface area contributed by atoms with E-state index in [1.54, 1.807) is 11.0 Å². The first-order valence-electron chi connectivity index (χ1n) is 8.83. The molecule has 2 heterocycles. The highest BCUT2D eigenvalue weighted by atomic mass is 19.2. The summed E-state index contributed by atoms with van der Waals surface area (Å²) in [6, 6.07) is 11.6. The number of aromatic nitrogens is 1. The SMILES string of the molecule is CC(=O)N1CC2(CC2)c2c([nH]c3ccccc23)C1c1ccc(F)c(F)c1. The third kappa shape index (κ3) is 2.06. The van der Waals surface area contributed by atoms with Gasteiger partial charge in [0.25, 0.3) is 0 Å². The lowest BCUT2D eigenvalue weighted by Crippen LogP contribution is -2.44. The van der Waals surface area contributed by atoms with E-state index in [9.17, 15) is 13.6 Å². The van der Waals surface area contributed by atoms with E-state index >= 15 is 0 Å². The van der Waals surface area contributed by atoms with E-state index in [4.69, 9.17) is 0 Å². The highest BCUT2D eigenvalue weighted by Crippen LogP contribution is 2.57. The molecule has 3 aromatic rings. The second kappa shape index (κ2) is 5.16. The monoisotopic (exact) mass is 352 g/mol. The number of hydrogen-bond donors (Lipinski definition) is 1. The summed E-state index contributed by atoms with van der Waals surface area (Å²) in [5.41, 5.74) is 3.75. The lowest BCUT2D eigenvalue weighted by atomic mass is 9.83. The lowest BCUT2D eigenvalue weighted by molar-refractivity contribution is -0.131. The number of fused-ring (bicyclic) bond motifs is 4. The predicted molar refractivity (Wildman–Crippen MR) is 94.8 cm³/mol. The van der Waals surface area contributed by atoms with Crippen molar-refractivity contribution in [3.63, 3.8) is 0 Å². The molecule has 1 aromatic heterocycles. The predicted octanol–water partition coefficient (Wildman–Crippen LogP) is 4.43. The van der Waals surface area contributed by atoms with Gasteiger partial charge in [-0.2, -0.15) is 0 Å². The molecule has 3 nitrogen and oxygen atoms in total. The molecule has 1 aliphatic heterocycles. The molecule has 1 unspecified atom stereocenters. The van der Waals surface area contributed by atoms with Gasteiger partial charge in [-0.1, -0.05) is 24.3 Å². The number of H-pyrrole nitrogens is 1. The van der Waals surface area contributed by atoms with Gasteiger partial charge in [0.15, 0.2) is 11.6 Å². The van der Waals surface area contributed by atoms with Crippen LogP contribution in [0.15, 0.2) is 42.5 Å². The fourth-order valence-electron chi connectivity index (χ4n) is 4.47. The molecule has 1 amide bonds. The van der Waals surface area contributed by atoms with E-state index in [-0.39, 0.29) is 11.3 Å². The Hall–Kier alpha value is -2.69. The van der Waals surface area contributed by atoms with Gasteiger partial charge in [0.1, 0.15) is 0 Å². The second-order valence-electron chi connectivity index (χ2n) is 7.46. The van der Waals surface area contributed by atoms with Gasteiger partial charge >= 0.3 is 0 Å². The van der Waals surface area contributed by atoms with E-state index < -0.39 is 17.7 Å². The molecule has 132 valence electrons. The third-order valence-electron chi connectivity index (χ3n) is 5.84. The number of carbonyl (C=O) groups is 1. The van der Waals surface area contributed by atoms with Crippen LogP contribution in [0.1, 0.15) is 42.6 Å². The summed E-state index contributed by atoms with van der Waals surface area (Å²) in [6.07, 6.45) is 2.08. The number of aromatic amines is 1. The fraction of sp³-hybridized carbons (Fsp3) is 0.286. The average Bonchev–Trinajstić information content (AvgIpc) is 3.26. The van der Waals surface area contributed by atoms with Crippen molar-refractivity contribution in [3.05, 3.63) is 70.9 Å². The maximum Gasteiger partial charge on any atom is 0.220 e. The van der Waals surface area contributed by atoms with Crippen molar-refractivity contribution in [2.45, 2.75) is 31.2 Å². The molecule has 26 heavy (non-hydrogen) atoms. The third-order valence-corrected chi connectivity index (χ3v) is 5.84. The summed E-state index contributed by atoms with van der Waals surface area (Å²) >= 11 is 0. The molecule has 1 N–H and O–H groups in total. The first-order chi connectivity index (χ1) is 12.5. The van der Waals surface area contributed by atoms with Crippen LogP contribution in [0.3, 0.4) is 0 Å². The summed E-state index contributed by atoms with van der Waals surface area (Å²) in [4.78, 5) is 17.7. The Bertz CT molecular complexity index is 1050. The first kappa shape index (κ1) is 15.6. The van der Waals surface area contributed by atoms with Gasteiger partial charge in [-0.3, -0.25) is 4.79 Å². The highest BCUT2D eigenvalue weighted by molar-refractivity contribution is 5.88. The Morgan fingerprint density at radius 1 is 1.15 bits per heavy atom. The first-order valence-corrected chi connectivity index (χ1v) is 8.83. The number of rotatable bonds is 1. The van der Waals surface area contributed by atoms with Gasteiger partial charge < -0.3 is 9.88 Å². The molecule has 5 rings (SSSR count). The van der Waals surface area contributed by atoms with Gasteiger partial charge in [0.2, 0.25) is 5.91 Å². The maximum absolute atomic E-state index is 13.9. The molecule has 0 bridgehead atoms. The minimum Gasteiger partial charge on any atom is -0.356 e. The molecule has 1 atom stereocenters. The summed E-state index contributed by atoms with van der Waals surface area (Å²) in [5, 5.41) is 1.16. The van der Waals surface area contributed by atoms with Gasteiger partial charge in [-0.15, -0.1) is 0 Å². The lowest BCUT2D eigenvalue weighted by Gasteiger charge is -2.40. The average molecular weight is 352 g/mol. The van der Waals surface area contributed by atoms with Gasteiger partial charge in [0, 0.05) is 35.5 Å².